The maximum absolute atomic E-state index is 15.3. The lowest BCUT2D eigenvalue weighted by Crippen LogP contribution is -2.48. The van der Waals surface area contributed by atoms with E-state index in [4.69, 9.17) is 6.42 Å². The minimum absolute atomic E-state index is 0.0124. The Morgan fingerprint density at radius 3 is 2.56 bits per heavy atom. The Kier molecular flexibility index (Phi) is 6.17. The fraction of sp³-hybridized carbons (Fsp3) is 0.200. The van der Waals surface area contributed by atoms with Crippen molar-refractivity contribution < 1.29 is 13.6 Å². The van der Waals surface area contributed by atoms with Gasteiger partial charge in [0.25, 0.3) is 5.91 Å². The van der Waals surface area contributed by atoms with Crippen LogP contribution in [0.3, 0.4) is 0 Å². The molecule has 3 atom stereocenters. The summed E-state index contributed by atoms with van der Waals surface area (Å²) in [4.78, 5) is 16.8. The minimum Gasteiger partial charge on any atom is -0.301 e. The molecule has 7 heteroatoms. The number of hydrogen-bond donors (Lipinski definition) is 1. The third-order valence-electron chi connectivity index (χ3n) is 4.18. The van der Waals surface area contributed by atoms with Crippen LogP contribution in [0.15, 0.2) is 59.6 Å². The molecule has 0 aromatic heterocycles. The Morgan fingerprint density at radius 1 is 1.26 bits per heavy atom. The van der Waals surface area contributed by atoms with Crippen molar-refractivity contribution in [2.75, 3.05) is 4.43 Å². The van der Waals surface area contributed by atoms with Crippen molar-refractivity contribution in [3.05, 3.63) is 71.5 Å². The van der Waals surface area contributed by atoms with Crippen LogP contribution >= 0.6 is 34.4 Å². The van der Waals surface area contributed by atoms with Crippen LogP contribution in [0.1, 0.15) is 15.9 Å². The van der Waals surface area contributed by atoms with Crippen molar-refractivity contribution in [3.63, 3.8) is 0 Å². The maximum atomic E-state index is 15.3. The van der Waals surface area contributed by atoms with Gasteiger partial charge in [0.15, 0.2) is 16.9 Å². The highest BCUT2D eigenvalue weighted by Crippen LogP contribution is 2.43. The number of benzene rings is 2. The zero-order valence-corrected chi connectivity index (χ0v) is 17.0. The summed E-state index contributed by atoms with van der Waals surface area (Å²) in [6, 6.07) is 14.3. The zero-order chi connectivity index (χ0) is 19.4. The number of halogens is 3. The SMILES string of the molecule is C#C[C@]1(c2ccccc2F)N=C(NC(=O)c2ccccc2)S[C@H](CI)[C@@H]1F. The number of nitrogens with one attached hydrogen (secondary N) is 1. The lowest BCUT2D eigenvalue weighted by atomic mass is 9.84. The van der Waals surface area contributed by atoms with Crippen LogP contribution in [0, 0.1) is 18.2 Å². The molecule has 0 saturated heterocycles. The molecule has 0 fully saturated rings. The molecular weight excluding hydrogens is 481 g/mol. The number of rotatable bonds is 3. The van der Waals surface area contributed by atoms with Crippen molar-refractivity contribution in [2.24, 2.45) is 4.99 Å². The van der Waals surface area contributed by atoms with Gasteiger partial charge in [-0.15, -0.1) is 6.42 Å². The van der Waals surface area contributed by atoms with Gasteiger partial charge < -0.3 is 5.32 Å². The predicted octanol–water partition coefficient (Wildman–Crippen LogP) is 4.33. The molecule has 0 saturated carbocycles. The summed E-state index contributed by atoms with van der Waals surface area (Å²) in [6.07, 6.45) is 4.06. The molecule has 3 nitrogen and oxygen atoms in total. The van der Waals surface area contributed by atoms with Crippen molar-refractivity contribution in [1.29, 1.82) is 0 Å². The average Bonchev–Trinajstić information content (AvgIpc) is 2.70. The Hall–Kier alpha value is -1.92. The van der Waals surface area contributed by atoms with Crippen molar-refractivity contribution in [1.82, 2.24) is 5.32 Å². The number of amides is 1. The normalized spacial score (nSPS) is 24.6. The molecule has 138 valence electrons. The van der Waals surface area contributed by atoms with Crippen LogP contribution in [-0.4, -0.2) is 26.9 Å². The quantitative estimate of drug-likeness (QED) is 0.391. The number of aliphatic imine (C=N–C) groups is 1. The molecule has 0 spiro atoms. The van der Waals surface area contributed by atoms with E-state index in [0.717, 1.165) is 11.8 Å². The van der Waals surface area contributed by atoms with Crippen LogP contribution in [0.4, 0.5) is 8.78 Å². The van der Waals surface area contributed by atoms with Crippen molar-refractivity contribution in [3.8, 4) is 12.3 Å². The number of amidine groups is 1. The summed E-state index contributed by atoms with van der Waals surface area (Å²) in [5, 5.41) is 2.29. The molecule has 0 bridgehead atoms. The standard InChI is InChI=1S/C20H15F2IN2OS/c1-2-20(14-10-6-7-11-15(14)21)17(22)16(12-23)27-19(25-20)24-18(26)13-8-4-3-5-9-13/h1,3-11,16-17H,12H2,(H,24,25,26)/t16-,17+,20-/m1/s1. The van der Waals surface area contributed by atoms with E-state index < -0.39 is 22.8 Å². The van der Waals surface area contributed by atoms with E-state index in [-0.39, 0.29) is 16.6 Å². The van der Waals surface area contributed by atoms with Crippen molar-refractivity contribution in [2.45, 2.75) is 17.0 Å². The predicted molar refractivity (Wildman–Crippen MR) is 113 cm³/mol. The Balaban J connectivity index is 2.04. The third-order valence-corrected chi connectivity index (χ3v) is 6.85. The first kappa shape index (κ1) is 19.8. The smallest absolute Gasteiger partial charge is 0.257 e. The van der Waals surface area contributed by atoms with Crippen LogP contribution in [0.5, 0.6) is 0 Å². The van der Waals surface area contributed by atoms with Crippen molar-refractivity contribution >= 4 is 45.4 Å². The topological polar surface area (TPSA) is 41.5 Å². The minimum atomic E-state index is -1.83. The van der Waals surface area contributed by atoms with Gasteiger partial charge in [-0.2, -0.15) is 0 Å². The van der Waals surface area contributed by atoms with Crippen LogP contribution < -0.4 is 5.32 Å². The molecule has 0 aliphatic carbocycles. The first-order valence-corrected chi connectivity index (χ1v) is 10.5. The lowest BCUT2D eigenvalue weighted by Gasteiger charge is -2.37. The summed E-state index contributed by atoms with van der Waals surface area (Å²) in [7, 11) is 0. The molecule has 1 heterocycles. The van der Waals surface area contributed by atoms with Crippen LogP contribution in [-0.2, 0) is 5.54 Å². The average molecular weight is 496 g/mol. The largest absolute Gasteiger partial charge is 0.301 e. The molecular formula is C20H15F2IN2OS. The second-order valence-corrected chi connectivity index (χ2v) is 7.95. The van der Waals surface area contributed by atoms with Gasteiger partial charge in [-0.1, -0.05) is 76.7 Å². The highest BCUT2D eigenvalue weighted by molar-refractivity contribution is 14.1. The molecule has 2 aromatic rings. The second kappa shape index (κ2) is 8.40. The van der Waals surface area contributed by atoms with Gasteiger partial charge in [0.05, 0.1) is 5.25 Å². The number of terminal acetylenes is 1. The van der Waals surface area contributed by atoms with Gasteiger partial charge in [0, 0.05) is 15.6 Å². The number of hydrogen-bond acceptors (Lipinski definition) is 3. The number of thioether (sulfide) groups is 1. The molecule has 0 unspecified atom stereocenters. The van der Waals surface area contributed by atoms with Gasteiger partial charge in [0.2, 0.25) is 0 Å². The molecule has 1 aliphatic heterocycles. The second-order valence-electron chi connectivity index (χ2n) is 5.84. The summed E-state index contributed by atoms with van der Waals surface area (Å²) in [5.74, 6) is 1.35. The van der Waals surface area contributed by atoms with E-state index >= 15 is 4.39 Å². The Labute approximate surface area is 174 Å². The molecule has 1 N–H and O–H groups in total. The molecule has 27 heavy (non-hydrogen) atoms. The zero-order valence-electron chi connectivity index (χ0n) is 14.0. The van der Waals surface area contributed by atoms with Gasteiger partial charge >= 0.3 is 0 Å². The summed E-state index contributed by atoms with van der Waals surface area (Å²) >= 11 is 3.15. The van der Waals surface area contributed by atoms with Gasteiger partial charge in [-0.25, -0.2) is 13.8 Å². The van der Waals surface area contributed by atoms with E-state index in [1.54, 1.807) is 36.4 Å². The van der Waals surface area contributed by atoms with E-state index in [1.807, 2.05) is 22.6 Å². The monoisotopic (exact) mass is 496 g/mol. The Bertz CT molecular complexity index is 916. The first-order chi connectivity index (χ1) is 13.0. The summed E-state index contributed by atoms with van der Waals surface area (Å²) in [5.41, 5.74) is -1.40. The highest BCUT2D eigenvalue weighted by Gasteiger charge is 2.49. The number of nitrogens with zero attached hydrogens (tertiary/aromatic N) is 1. The van der Waals surface area contributed by atoms with Gasteiger partial charge in [-0.05, 0) is 18.2 Å². The maximum Gasteiger partial charge on any atom is 0.257 e. The van der Waals surface area contributed by atoms with Gasteiger partial charge in [-0.3, -0.25) is 4.79 Å². The molecule has 1 aliphatic rings. The number of alkyl halides is 2. The third kappa shape index (κ3) is 3.87. The molecule has 3 rings (SSSR count). The Morgan fingerprint density at radius 2 is 1.93 bits per heavy atom. The molecule has 1 amide bonds. The van der Waals surface area contributed by atoms with Gasteiger partial charge in [0.1, 0.15) is 5.82 Å². The van der Waals surface area contributed by atoms with E-state index in [1.165, 1.54) is 18.2 Å². The fourth-order valence-electron chi connectivity index (χ4n) is 2.82. The number of carbonyl (C=O) groups excluding carboxylic acids is 1. The highest BCUT2D eigenvalue weighted by atomic mass is 127. The molecule has 2 aromatic carbocycles. The van der Waals surface area contributed by atoms with Crippen LogP contribution in [0.25, 0.3) is 0 Å². The van der Waals surface area contributed by atoms with E-state index in [9.17, 15) is 9.18 Å². The van der Waals surface area contributed by atoms with E-state index in [2.05, 4.69) is 16.2 Å². The lowest BCUT2D eigenvalue weighted by molar-refractivity contribution is 0.0977. The fourth-order valence-corrected chi connectivity index (χ4v) is 4.82. The van der Waals surface area contributed by atoms with E-state index in [0.29, 0.717) is 9.99 Å². The summed E-state index contributed by atoms with van der Waals surface area (Å²) in [6.45, 7) is 0. The number of carbonyl (C=O) groups is 1. The summed E-state index contributed by atoms with van der Waals surface area (Å²) < 4.78 is 30.2. The first-order valence-electron chi connectivity index (χ1n) is 8.07. The van der Waals surface area contributed by atoms with Crippen LogP contribution in [0.2, 0.25) is 0 Å². The molecule has 0 radical (unpaired) electrons.